The maximum absolute atomic E-state index is 10.1. The van der Waals surface area contributed by atoms with Gasteiger partial charge in [-0.2, -0.15) is 0 Å². The van der Waals surface area contributed by atoms with Crippen molar-refractivity contribution in [2.75, 3.05) is 21.3 Å². The molecule has 6 heteroatoms. The van der Waals surface area contributed by atoms with E-state index < -0.39 is 0 Å². The molecule has 0 amide bonds. The molecule has 0 atom stereocenters. The van der Waals surface area contributed by atoms with Crippen LogP contribution in [0.5, 0.6) is 23.0 Å². The Morgan fingerprint density at radius 3 is 2.17 bits per heavy atom. The van der Waals surface area contributed by atoms with Gasteiger partial charge < -0.3 is 20.7 Å². The number of benzene rings is 2. The van der Waals surface area contributed by atoms with Gasteiger partial charge >= 0.3 is 51.4 Å². The number of ether oxygens (including phenoxy) is 3. The number of phenolic OH excluding ortho intramolecular Hbond substituents is 1. The van der Waals surface area contributed by atoms with Crippen LogP contribution in [0.3, 0.4) is 0 Å². The summed E-state index contributed by atoms with van der Waals surface area (Å²) in [6.45, 7) is 0. The van der Waals surface area contributed by atoms with E-state index in [4.69, 9.17) is 14.2 Å². The second kappa shape index (κ2) is 9.90. The maximum atomic E-state index is 10.1. The fourth-order valence-corrected chi connectivity index (χ4v) is 2.90. The Hall–Kier alpha value is -0.254. The van der Waals surface area contributed by atoms with E-state index in [1.54, 1.807) is 20.3 Å². The van der Waals surface area contributed by atoms with Crippen molar-refractivity contribution in [3.63, 3.8) is 0 Å². The summed E-state index contributed by atoms with van der Waals surface area (Å²) in [7, 11) is 4.75. The summed E-state index contributed by atoms with van der Waals surface area (Å²) in [5.41, 5.74) is 1.66. The normalized spacial score (nSPS) is 10.3. The molecule has 2 aromatic carbocycles. The van der Waals surface area contributed by atoms with Gasteiger partial charge in [0, 0.05) is 5.56 Å². The summed E-state index contributed by atoms with van der Waals surface area (Å²) in [6, 6.07) is 9.16. The summed E-state index contributed by atoms with van der Waals surface area (Å²) in [5, 5.41) is 10.1. The Kier molecular flexibility index (Phi) is 8.95. The van der Waals surface area contributed by atoms with Crippen LogP contribution in [0, 0.1) is 3.57 Å². The van der Waals surface area contributed by atoms with Crippen LogP contribution < -0.4 is 65.6 Å². The SMILES string of the molecule is COc1cccc(/C=C\c2ccc(OC)c(OC)c2I)c1O.[H-].[K+]. The summed E-state index contributed by atoms with van der Waals surface area (Å²) in [4.78, 5) is 0. The van der Waals surface area contributed by atoms with Crippen LogP contribution >= 0.6 is 22.6 Å². The van der Waals surface area contributed by atoms with E-state index in [1.165, 1.54) is 7.11 Å². The Morgan fingerprint density at radius 1 is 0.913 bits per heavy atom. The molecule has 0 bridgehead atoms. The molecule has 0 aliphatic heterocycles. The van der Waals surface area contributed by atoms with Crippen LogP contribution in [0.25, 0.3) is 12.2 Å². The minimum atomic E-state index is 0. The third-order valence-corrected chi connectivity index (χ3v) is 4.32. The number of hydrogen-bond donors (Lipinski definition) is 1. The van der Waals surface area contributed by atoms with Crippen molar-refractivity contribution >= 4 is 34.7 Å². The zero-order chi connectivity index (χ0) is 16.1. The molecule has 0 saturated carbocycles. The van der Waals surface area contributed by atoms with Crippen LogP contribution in [0.2, 0.25) is 0 Å². The number of para-hydroxylation sites is 1. The number of hydrogen-bond acceptors (Lipinski definition) is 4. The average Bonchev–Trinajstić information content (AvgIpc) is 2.54. The van der Waals surface area contributed by atoms with Gasteiger partial charge in [0.05, 0.1) is 24.9 Å². The molecule has 0 aliphatic carbocycles. The monoisotopic (exact) mass is 452 g/mol. The van der Waals surface area contributed by atoms with Crippen LogP contribution in [-0.4, -0.2) is 26.4 Å². The maximum Gasteiger partial charge on any atom is 1.00 e. The number of methoxy groups -OCH3 is 3. The topological polar surface area (TPSA) is 47.9 Å². The smallest absolute Gasteiger partial charge is 1.00 e. The molecular weight excluding hydrogens is 434 g/mol. The van der Waals surface area contributed by atoms with E-state index >= 15 is 0 Å². The van der Waals surface area contributed by atoms with Crippen LogP contribution in [-0.2, 0) is 0 Å². The van der Waals surface area contributed by atoms with E-state index in [-0.39, 0.29) is 58.6 Å². The van der Waals surface area contributed by atoms with Crippen LogP contribution in [0.4, 0.5) is 0 Å². The fraction of sp³-hybridized carbons (Fsp3) is 0.176. The molecule has 0 spiro atoms. The Labute approximate surface area is 193 Å². The molecule has 0 fully saturated rings. The van der Waals surface area contributed by atoms with E-state index in [0.29, 0.717) is 22.8 Å². The predicted octanol–water partition coefficient (Wildman–Crippen LogP) is 1.31. The molecule has 2 aromatic rings. The summed E-state index contributed by atoms with van der Waals surface area (Å²) in [6.07, 6.45) is 3.75. The average molecular weight is 452 g/mol. The quantitative estimate of drug-likeness (QED) is 0.423. The molecule has 0 unspecified atom stereocenters. The molecule has 0 radical (unpaired) electrons. The van der Waals surface area contributed by atoms with E-state index in [1.807, 2.05) is 36.4 Å². The van der Waals surface area contributed by atoms with Crippen molar-refractivity contribution in [1.82, 2.24) is 0 Å². The van der Waals surface area contributed by atoms with Gasteiger partial charge in [0.1, 0.15) is 0 Å². The van der Waals surface area contributed by atoms with Crippen molar-refractivity contribution in [3.8, 4) is 23.0 Å². The molecular formula is C17H18IKO4. The molecule has 23 heavy (non-hydrogen) atoms. The van der Waals surface area contributed by atoms with Gasteiger partial charge in [-0.25, -0.2) is 0 Å². The molecule has 118 valence electrons. The number of rotatable bonds is 5. The van der Waals surface area contributed by atoms with Gasteiger partial charge in [-0.05, 0) is 46.4 Å². The predicted molar refractivity (Wildman–Crippen MR) is 97.0 cm³/mol. The summed E-state index contributed by atoms with van der Waals surface area (Å²) >= 11 is 2.21. The minimum Gasteiger partial charge on any atom is -1.00 e. The molecule has 1 N–H and O–H groups in total. The first kappa shape index (κ1) is 20.8. The van der Waals surface area contributed by atoms with Crippen molar-refractivity contribution in [2.45, 2.75) is 0 Å². The first-order valence-corrected chi connectivity index (χ1v) is 7.64. The van der Waals surface area contributed by atoms with Crippen molar-refractivity contribution in [2.24, 2.45) is 0 Å². The van der Waals surface area contributed by atoms with Gasteiger partial charge in [0.2, 0.25) is 0 Å². The Balaban J connectivity index is 0.00000264. The van der Waals surface area contributed by atoms with Gasteiger partial charge in [0.25, 0.3) is 0 Å². The molecule has 0 saturated heterocycles. The second-order valence-corrected chi connectivity index (χ2v) is 5.51. The molecule has 2 rings (SSSR count). The summed E-state index contributed by atoms with van der Waals surface area (Å²) < 4.78 is 16.7. The van der Waals surface area contributed by atoms with Crippen LogP contribution in [0.15, 0.2) is 30.3 Å². The van der Waals surface area contributed by atoms with Crippen molar-refractivity contribution in [1.29, 1.82) is 0 Å². The second-order valence-electron chi connectivity index (χ2n) is 4.44. The Morgan fingerprint density at radius 2 is 1.57 bits per heavy atom. The van der Waals surface area contributed by atoms with Crippen molar-refractivity contribution < 1.29 is 72.1 Å². The standard InChI is InChI=1S/C17H17IO4.K.H/c1-20-13-6-4-5-12(16(13)19)8-7-11-9-10-14(21-2)17(22-3)15(11)18;;/h4-10,19H,1-3H3;;/q;+1;-1/b8-7-;;. The van der Waals surface area contributed by atoms with Crippen LogP contribution in [0.1, 0.15) is 12.6 Å². The third kappa shape index (κ3) is 4.87. The zero-order valence-corrected chi connectivity index (χ0v) is 18.9. The van der Waals surface area contributed by atoms with E-state index in [2.05, 4.69) is 22.6 Å². The third-order valence-electron chi connectivity index (χ3n) is 3.21. The molecule has 0 aliphatic rings. The largest absolute Gasteiger partial charge is 1.00 e. The molecule has 0 aromatic heterocycles. The number of halogens is 1. The zero-order valence-electron chi connectivity index (χ0n) is 14.6. The van der Waals surface area contributed by atoms with E-state index in [9.17, 15) is 5.11 Å². The first-order chi connectivity index (χ1) is 10.6. The first-order valence-electron chi connectivity index (χ1n) is 6.57. The van der Waals surface area contributed by atoms with Gasteiger partial charge in [-0.1, -0.05) is 24.3 Å². The van der Waals surface area contributed by atoms with E-state index in [0.717, 1.165) is 9.13 Å². The Bertz CT molecular complexity index is 707. The van der Waals surface area contributed by atoms with Crippen molar-refractivity contribution in [3.05, 3.63) is 45.0 Å². The number of phenols is 1. The minimum absolute atomic E-state index is 0. The van der Waals surface area contributed by atoms with Gasteiger partial charge in [0.15, 0.2) is 23.0 Å². The number of aromatic hydroxyl groups is 1. The van der Waals surface area contributed by atoms with Gasteiger partial charge in [-0.15, -0.1) is 0 Å². The molecule has 4 nitrogen and oxygen atoms in total. The van der Waals surface area contributed by atoms with Gasteiger partial charge in [-0.3, -0.25) is 0 Å². The fourth-order valence-electron chi connectivity index (χ4n) is 2.05. The molecule has 0 heterocycles. The summed E-state index contributed by atoms with van der Waals surface area (Å²) in [5.74, 6) is 1.95.